The number of allylic oxidation sites excluding steroid dienone is 4. The third kappa shape index (κ3) is 2.37. The minimum absolute atomic E-state index is 0.0709. The molecule has 0 atom stereocenters. The van der Waals surface area contributed by atoms with Gasteiger partial charge in [-0.3, -0.25) is 0 Å². The zero-order chi connectivity index (χ0) is 16.0. The Morgan fingerprint density at radius 2 is 2.09 bits per heavy atom. The Bertz CT molecular complexity index is 1090. The van der Waals surface area contributed by atoms with Gasteiger partial charge < -0.3 is 0 Å². The molecule has 5 nitrogen and oxygen atoms in total. The zero-order valence-corrected chi connectivity index (χ0v) is 13.6. The largest absolute Gasteiger partial charge is 0.240 e. The maximum atomic E-state index is 11.9. The average molecular weight is 343 g/mol. The van der Waals surface area contributed by atoms with Gasteiger partial charge in [-0.2, -0.15) is 5.10 Å². The summed E-state index contributed by atoms with van der Waals surface area (Å²) in [4.78, 5) is 1.23. The lowest BCUT2D eigenvalue weighted by molar-refractivity contribution is 0.596. The summed E-state index contributed by atoms with van der Waals surface area (Å²) in [6, 6.07) is 6.66. The second kappa shape index (κ2) is 5.23. The van der Waals surface area contributed by atoms with Crippen molar-refractivity contribution < 1.29 is 8.42 Å². The molecule has 7 heteroatoms. The molecule has 4 rings (SSSR count). The molecule has 0 saturated carbocycles. The first-order valence-corrected chi connectivity index (χ1v) is 9.42. The lowest BCUT2D eigenvalue weighted by Crippen LogP contribution is -2.34. The number of nitrogens with zero attached hydrogens (tertiary/aromatic N) is 2. The molecule has 0 unspecified atom stereocenters. The van der Waals surface area contributed by atoms with Crippen molar-refractivity contribution in [3.05, 3.63) is 64.2 Å². The molecular weight excluding hydrogens is 330 g/mol. The summed E-state index contributed by atoms with van der Waals surface area (Å²) >= 11 is 1.66. The van der Waals surface area contributed by atoms with Gasteiger partial charge in [-0.15, -0.1) is 0 Å². The van der Waals surface area contributed by atoms with Crippen LogP contribution in [0.1, 0.15) is 6.42 Å². The molecule has 2 heterocycles. The van der Waals surface area contributed by atoms with E-state index in [2.05, 4.69) is 17.3 Å². The van der Waals surface area contributed by atoms with E-state index in [0.717, 1.165) is 27.5 Å². The van der Waals surface area contributed by atoms with E-state index in [4.69, 9.17) is 5.14 Å². The Morgan fingerprint density at radius 1 is 1.26 bits per heavy atom. The summed E-state index contributed by atoms with van der Waals surface area (Å²) in [5.41, 5.74) is 1.62. The fourth-order valence-corrected chi connectivity index (χ4v) is 4.42. The molecule has 1 aromatic heterocycles. The molecule has 1 aliphatic carbocycles. The van der Waals surface area contributed by atoms with Crippen molar-refractivity contribution in [2.24, 2.45) is 5.14 Å². The summed E-state index contributed by atoms with van der Waals surface area (Å²) in [7, 11) is -3.83. The monoisotopic (exact) mass is 343 g/mol. The van der Waals surface area contributed by atoms with E-state index in [1.807, 2.05) is 11.5 Å². The van der Waals surface area contributed by atoms with Crippen molar-refractivity contribution in [3.63, 3.8) is 0 Å². The van der Waals surface area contributed by atoms with E-state index in [0.29, 0.717) is 5.69 Å². The summed E-state index contributed by atoms with van der Waals surface area (Å²) < 4.78 is 25.5. The maximum absolute atomic E-state index is 11.9. The number of hydrogen-bond donors (Lipinski definition) is 1. The van der Waals surface area contributed by atoms with E-state index in [9.17, 15) is 8.42 Å². The van der Waals surface area contributed by atoms with Crippen LogP contribution < -0.4 is 15.7 Å². The second-order valence-corrected chi connectivity index (χ2v) is 7.69. The van der Waals surface area contributed by atoms with Gasteiger partial charge in [-0.1, -0.05) is 36.0 Å². The number of para-hydroxylation sites is 1. The standard InChI is InChI=1S/C16H13N3O2S2/c17-23(20,21)15-8-4-2-6-13(15)19-16-11(9-18-19)10-22-14-7-3-1-5-12(14)16/h1-4,6-10H,5H2,(H2,17,20,21). The molecule has 2 aliphatic rings. The number of thioether (sulfide) groups is 1. The number of nitrogens with two attached hydrogens (primary N) is 1. The van der Waals surface area contributed by atoms with Crippen LogP contribution in [0.4, 0.5) is 0 Å². The van der Waals surface area contributed by atoms with Crippen molar-refractivity contribution in [1.82, 2.24) is 9.78 Å². The van der Waals surface area contributed by atoms with E-state index < -0.39 is 10.0 Å². The number of sulfonamides is 1. The number of aromatic nitrogens is 2. The molecule has 2 aromatic rings. The van der Waals surface area contributed by atoms with Crippen LogP contribution >= 0.6 is 11.8 Å². The zero-order valence-electron chi connectivity index (χ0n) is 12.0. The first-order valence-electron chi connectivity index (χ1n) is 6.99. The highest BCUT2D eigenvalue weighted by Gasteiger charge is 2.20. The van der Waals surface area contributed by atoms with Crippen LogP contribution in [0.5, 0.6) is 0 Å². The molecule has 0 bridgehead atoms. The van der Waals surface area contributed by atoms with E-state index in [-0.39, 0.29) is 4.90 Å². The highest BCUT2D eigenvalue weighted by Crippen LogP contribution is 2.32. The van der Waals surface area contributed by atoms with Crippen molar-refractivity contribution in [2.45, 2.75) is 11.3 Å². The molecule has 23 heavy (non-hydrogen) atoms. The van der Waals surface area contributed by atoms with Gasteiger partial charge in [0.15, 0.2) is 0 Å². The Morgan fingerprint density at radius 3 is 2.91 bits per heavy atom. The first kappa shape index (κ1) is 14.5. The second-order valence-electron chi connectivity index (χ2n) is 5.25. The van der Waals surface area contributed by atoms with Crippen LogP contribution in [-0.4, -0.2) is 18.2 Å². The fourth-order valence-electron chi connectivity index (χ4n) is 2.80. The third-order valence-corrected chi connectivity index (χ3v) is 5.77. The number of rotatable bonds is 2. The van der Waals surface area contributed by atoms with Crippen molar-refractivity contribution in [3.8, 4) is 5.69 Å². The van der Waals surface area contributed by atoms with Gasteiger partial charge in [0.25, 0.3) is 0 Å². The van der Waals surface area contributed by atoms with Gasteiger partial charge in [-0.05, 0) is 35.6 Å². The van der Waals surface area contributed by atoms with Crippen molar-refractivity contribution in [1.29, 1.82) is 0 Å². The van der Waals surface area contributed by atoms with E-state index in [1.165, 1.54) is 6.07 Å². The highest BCUT2D eigenvalue weighted by atomic mass is 32.2. The minimum atomic E-state index is -3.83. The van der Waals surface area contributed by atoms with Crippen molar-refractivity contribution in [2.75, 3.05) is 0 Å². The molecular formula is C16H13N3O2S2. The fraction of sp³-hybridized carbons (Fsp3) is 0.0625. The molecule has 0 spiro atoms. The van der Waals surface area contributed by atoms with Crippen LogP contribution in [-0.2, 0) is 10.0 Å². The summed E-state index contributed by atoms with van der Waals surface area (Å²) in [5.74, 6) is 0. The number of hydrogen-bond acceptors (Lipinski definition) is 4. The van der Waals surface area contributed by atoms with Gasteiger partial charge >= 0.3 is 0 Å². The maximum Gasteiger partial charge on any atom is 0.240 e. The predicted molar refractivity (Wildman–Crippen MR) is 91.5 cm³/mol. The Kier molecular flexibility index (Phi) is 3.29. The van der Waals surface area contributed by atoms with E-state index >= 15 is 0 Å². The molecule has 116 valence electrons. The Balaban J connectivity index is 2.09. The van der Waals surface area contributed by atoms with Gasteiger partial charge in [0.05, 0.1) is 17.2 Å². The van der Waals surface area contributed by atoms with Crippen LogP contribution in [0, 0.1) is 0 Å². The third-order valence-electron chi connectivity index (χ3n) is 3.80. The summed E-state index contributed by atoms with van der Waals surface area (Å²) in [6.45, 7) is 0. The molecule has 2 N–H and O–H groups in total. The number of benzene rings is 1. The van der Waals surface area contributed by atoms with Crippen LogP contribution in [0.3, 0.4) is 0 Å². The van der Waals surface area contributed by atoms with Crippen LogP contribution in [0.15, 0.2) is 58.5 Å². The summed E-state index contributed by atoms with van der Waals surface area (Å²) in [6.07, 6.45) is 8.72. The topological polar surface area (TPSA) is 78.0 Å². The minimum Gasteiger partial charge on any atom is -0.231 e. The van der Waals surface area contributed by atoms with Gasteiger partial charge in [0.2, 0.25) is 10.0 Å². The van der Waals surface area contributed by atoms with Crippen LogP contribution in [0.2, 0.25) is 0 Å². The molecule has 1 aliphatic heterocycles. The predicted octanol–water partition coefficient (Wildman–Crippen LogP) is 0.999. The van der Waals surface area contributed by atoms with Crippen LogP contribution in [0.25, 0.3) is 16.7 Å². The Labute approximate surface area is 137 Å². The van der Waals surface area contributed by atoms with E-state index in [1.54, 1.807) is 40.8 Å². The number of primary sulfonamides is 1. The quantitative estimate of drug-likeness (QED) is 0.882. The molecule has 1 aromatic carbocycles. The van der Waals surface area contributed by atoms with Crippen molar-refractivity contribution >= 4 is 32.8 Å². The lowest BCUT2D eigenvalue weighted by Gasteiger charge is -2.16. The molecule has 0 saturated heterocycles. The first-order chi connectivity index (χ1) is 11.1. The van der Waals surface area contributed by atoms with Gasteiger partial charge in [0.1, 0.15) is 4.90 Å². The number of fused-ring (bicyclic) bond motifs is 2. The molecule has 0 amide bonds. The summed E-state index contributed by atoms with van der Waals surface area (Å²) in [5, 5.41) is 13.7. The molecule has 0 fully saturated rings. The average Bonchev–Trinajstić information content (AvgIpc) is 2.98. The van der Waals surface area contributed by atoms with Gasteiger partial charge in [-0.25, -0.2) is 18.2 Å². The SMILES string of the molecule is NS(=O)(=O)c1ccccc1-n1ncc2c1=C1CC=CC=C1SC=2. The Hall–Kier alpha value is -2.09. The lowest BCUT2D eigenvalue weighted by atomic mass is 10.1. The van der Waals surface area contributed by atoms with Gasteiger partial charge in [0, 0.05) is 10.1 Å². The molecule has 0 radical (unpaired) electrons. The normalized spacial score (nSPS) is 16.4. The highest BCUT2D eigenvalue weighted by molar-refractivity contribution is 8.10. The smallest absolute Gasteiger partial charge is 0.231 e.